The van der Waals surface area contributed by atoms with Crippen molar-refractivity contribution in [2.45, 2.75) is 25.2 Å². The van der Waals surface area contributed by atoms with Gasteiger partial charge in [0.25, 0.3) is 0 Å². The van der Waals surface area contributed by atoms with Crippen LogP contribution in [0.25, 0.3) is 21.5 Å². The molecular weight excluding hydrogens is 468 g/mol. The van der Waals surface area contributed by atoms with Crippen molar-refractivity contribution >= 4 is 44.9 Å². The zero-order valence-corrected chi connectivity index (χ0v) is 20.8. The quantitative estimate of drug-likeness (QED) is 0.190. The van der Waals surface area contributed by atoms with Crippen molar-refractivity contribution in [1.82, 2.24) is 14.8 Å². The fourth-order valence-electron chi connectivity index (χ4n) is 4.14. The van der Waals surface area contributed by atoms with Gasteiger partial charge in [-0.25, -0.2) is 0 Å². The molecule has 36 heavy (non-hydrogen) atoms. The summed E-state index contributed by atoms with van der Waals surface area (Å²) in [5.74, 6) is 1.60. The van der Waals surface area contributed by atoms with E-state index in [1.807, 2.05) is 65.2 Å². The molecule has 0 aliphatic heterocycles. The third-order valence-corrected chi connectivity index (χ3v) is 6.94. The Balaban J connectivity index is 1.24. The molecule has 0 radical (unpaired) electrons. The molecule has 1 amide bonds. The van der Waals surface area contributed by atoms with Gasteiger partial charge in [-0.3, -0.25) is 9.36 Å². The van der Waals surface area contributed by atoms with Crippen molar-refractivity contribution in [2.75, 3.05) is 11.1 Å². The maximum Gasteiger partial charge on any atom is 0.234 e. The lowest BCUT2D eigenvalue weighted by Gasteiger charge is -2.12. The summed E-state index contributed by atoms with van der Waals surface area (Å²) in [7, 11) is 0. The van der Waals surface area contributed by atoms with Crippen LogP contribution in [0.3, 0.4) is 0 Å². The maximum atomic E-state index is 12.6. The van der Waals surface area contributed by atoms with Gasteiger partial charge in [0, 0.05) is 12.2 Å². The minimum absolute atomic E-state index is 0.104. The third kappa shape index (κ3) is 5.11. The monoisotopic (exact) mass is 494 g/mol. The molecule has 0 aliphatic rings. The number of amides is 1. The number of nitrogens with one attached hydrogen (secondary N) is 1. The molecule has 1 aromatic heterocycles. The lowest BCUT2D eigenvalue weighted by molar-refractivity contribution is -0.113. The molecule has 1 heterocycles. The summed E-state index contributed by atoms with van der Waals surface area (Å²) in [5.41, 5.74) is 1.86. The fraction of sp³-hybridized carbons (Fsp3) is 0.138. The van der Waals surface area contributed by atoms with E-state index in [-0.39, 0.29) is 18.3 Å². The van der Waals surface area contributed by atoms with Crippen LogP contribution in [0.1, 0.15) is 11.4 Å². The van der Waals surface area contributed by atoms with E-state index in [1.165, 1.54) is 17.1 Å². The molecular formula is C29H26N4O2S. The first-order valence-corrected chi connectivity index (χ1v) is 12.7. The van der Waals surface area contributed by atoms with Crippen LogP contribution in [0, 0.1) is 6.92 Å². The number of allylic oxidation sites excluding steroid dienone is 1. The highest BCUT2D eigenvalue weighted by Gasteiger charge is 2.15. The first-order valence-electron chi connectivity index (χ1n) is 11.7. The second-order valence-electron chi connectivity index (χ2n) is 8.40. The molecule has 5 aromatic rings. The number of carbonyl (C=O) groups is 1. The van der Waals surface area contributed by atoms with Gasteiger partial charge in [-0.05, 0) is 52.2 Å². The lowest BCUT2D eigenvalue weighted by Crippen LogP contribution is -2.15. The van der Waals surface area contributed by atoms with Gasteiger partial charge in [-0.2, -0.15) is 0 Å². The van der Waals surface area contributed by atoms with Gasteiger partial charge in [-0.1, -0.05) is 78.5 Å². The molecule has 1 N–H and O–H groups in total. The van der Waals surface area contributed by atoms with Crippen LogP contribution in [-0.4, -0.2) is 26.4 Å². The first kappa shape index (κ1) is 23.6. The van der Waals surface area contributed by atoms with Crippen molar-refractivity contribution < 1.29 is 9.53 Å². The number of hydrogen-bond acceptors (Lipinski definition) is 5. The zero-order valence-electron chi connectivity index (χ0n) is 20.0. The molecule has 0 spiro atoms. The van der Waals surface area contributed by atoms with Gasteiger partial charge in [0.1, 0.15) is 12.4 Å². The van der Waals surface area contributed by atoms with Gasteiger partial charge in [0.2, 0.25) is 5.91 Å². The zero-order chi connectivity index (χ0) is 24.9. The first-order chi connectivity index (χ1) is 17.6. The molecule has 0 unspecified atom stereocenters. The Morgan fingerprint density at radius 2 is 1.75 bits per heavy atom. The van der Waals surface area contributed by atoms with Crippen LogP contribution in [-0.2, 0) is 17.9 Å². The highest BCUT2D eigenvalue weighted by Crippen LogP contribution is 2.28. The van der Waals surface area contributed by atoms with Gasteiger partial charge >= 0.3 is 0 Å². The van der Waals surface area contributed by atoms with E-state index in [1.54, 1.807) is 6.08 Å². The second kappa shape index (κ2) is 10.7. The Hall–Kier alpha value is -4.10. The molecule has 0 aliphatic carbocycles. The molecule has 0 saturated carbocycles. The van der Waals surface area contributed by atoms with Crippen LogP contribution in [0.15, 0.2) is 96.7 Å². The summed E-state index contributed by atoms with van der Waals surface area (Å²) in [6.45, 7) is 6.70. The Labute approximate surface area is 214 Å². The predicted molar refractivity (Wildman–Crippen MR) is 147 cm³/mol. The smallest absolute Gasteiger partial charge is 0.234 e. The minimum atomic E-state index is -0.104. The van der Waals surface area contributed by atoms with Crippen LogP contribution in [0.5, 0.6) is 5.75 Å². The van der Waals surface area contributed by atoms with Gasteiger partial charge < -0.3 is 10.1 Å². The van der Waals surface area contributed by atoms with E-state index in [9.17, 15) is 4.79 Å². The molecule has 0 bridgehead atoms. The Morgan fingerprint density at radius 1 is 1.00 bits per heavy atom. The van der Waals surface area contributed by atoms with Crippen molar-refractivity contribution in [3.8, 4) is 5.75 Å². The summed E-state index contributed by atoms with van der Waals surface area (Å²) in [6.07, 6.45) is 1.79. The number of anilines is 1. The average molecular weight is 495 g/mol. The normalized spacial score (nSPS) is 11.0. The molecule has 0 fully saturated rings. The Morgan fingerprint density at radius 3 is 2.58 bits per heavy atom. The molecule has 4 aromatic carbocycles. The van der Waals surface area contributed by atoms with Gasteiger partial charge in [-0.15, -0.1) is 16.8 Å². The minimum Gasteiger partial charge on any atom is -0.485 e. The highest BCUT2D eigenvalue weighted by atomic mass is 32.2. The van der Waals surface area contributed by atoms with Crippen molar-refractivity contribution in [3.05, 3.63) is 103 Å². The molecule has 7 heteroatoms. The van der Waals surface area contributed by atoms with E-state index in [2.05, 4.69) is 47.2 Å². The van der Waals surface area contributed by atoms with E-state index in [0.29, 0.717) is 17.5 Å². The molecule has 6 nitrogen and oxygen atoms in total. The number of benzene rings is 4. The number of nitrogens with zero attached hydrogens (tertiary/aromatic N) is 3. The fourth-order valence-corrected chi connectivity index (χ4v) is 4.91. The van der Waals surface area contributed by atoms with Crippen LogP contribution >= 0.6 is 11.8 Å². The van der Waals surface area contributed by atoms with Crippen LogP contribution < -0.4 is 10.1 Å². The summed E-state index contributed by atoms with van der Waals surface area (Å²) >= 11 is 1.34. The Kier molecular flexibility index (Phi) is 7.00. The number of carbonyl (C=O) groups excluding carboxylic acids is 1. The van der Waals surface area contributed by atoms with Crippen molar-refractivity contribution in [1.29, 1.82) is 0 Å². The summed E-state index contributed by atoms with van der Waals surface area (Å²) in [4.78, 5) is 12.6. The second-order valence-corrected chi connectivity index (χ2v) is 9.34. The van der Waals surface area contributed by atoms with Gasteiger partial charge in [0.15, 0.2) is 11.0 Å². The molecule has 5 rings (SSSR count). The lowest BCUT2D eigenvalue weighted by atomic mass is 10.0. The topological polar surface area (TPSA) is 69.0 Å². The van der Waals surface area contributed by atoms with E-state index < -0.39 is 0 Å². The summed E-state index contributed by atoms with van der Waals surface area (Å²) < 4.78 is 8.05. The Bertz CT molecular complexity index is 1560. The summed E-state index contributed by atoms with van der Waals surface area (Å²) in [5, 5.41) is 16.8. The molecule has 0 atom stereocenters. The van der Waals surface area contributed by atoms with Crippen LogP contribution in [0.2, 0.25) is 0 Å². The predicted octanol–water partition coefficient (Wildman–Crippen LogP) is 6.39. The SMILES string of the molecule is C=CCn1c(COc2ccc3ccccc3c2C)nnc1SCC(=O)Nc1ccc2ccccc2c1. The highest BCUT2D eigenvalue weighted by molar-refractivity contribution is 7.99. The van der Waals surface area contributed by atoms with Crippen molar-refractivity contribution in [3.63, 3.8) is 0 Å². The van der Waals surface area contributed by atoms with E-state index in [0.717, 1.165) is 33.2 Å². The maximum absolute atomic E-state index is 12.6. The van der Waals surface area contributed by atoms with Gasteiger partial charge in [0.05, 0.1) is 5.75 Å². The molecule has 180 valence electrons. The number of rotatable bonds is 9. The van der Waals surface area contributed by atoms with Crippen LogP contribution in [0.4, 0.5) is 5.69 Å². The molecule has 0 saturated heterocycles. The third-order valence-electron chi connectivity index (χ3n) is 5.98. The average Bonchev–Trinajstić information content (AvgIpc) is 3.28. The van der Waals surface area contributed by atoms with E-state index in [4.69, 9.17) is 4.74 Å². The van der Waals surface area contributed by atoms with Crippen molar-refractivity contribution in [2.24, 2.45) is 0 Å². The summed E-state index contributed by atoms with van der Waals surface area (Å²) in [6, 6.07) is 26.2. The number of fused-ring (bicyclic) bond motifs is 2. The number of ether oxygens (including phenoxy) is 1. The number of aryl methyl sites for hydroxylation is 1. The number of aromatic nitrogens is 3. The standard InChI is InChI=1S/C29H26N4O2S/c1-3-16-33-27(18-35-26-15-13-22-9-6-7-11-25(22)20(26)2)31-32-29(33)36-19-28(34)30-24-14-12-21-8-4-5-10-23(21)17-24/h3-15,17H,1,16,18-19H2,2H3,(H,30,34). The largest absolute Gasteiger partial charge is 0.485 e. The van der Waals surface area contributed by atoms with E-state index >= 15 is 0 Å². The number of thioether (sulfide) groups is 1. The number of hydrogen-bond donors (Lipinski definition) is 1.